The largest absolute Gasteiger partial charge is 0.372 e. The van der Waals surface area contributed by atoms with E-state index < -0.39 is 0 Å². The molecule has 4 heteroatoms. The molecule has 2 atom stereocenters. The molecule has 22 heavy (non-hydrogen) atoms. The van der Waals surface area contributed by atoms with Gasteiger partial charge in [-0.05, 0) is 0 Å². The minimum Gasteiger partial charge on any atom is -0.372 e. The predicted molar refractivity (Wildman–Crippen MR) is 93.1 cm³/mol. The Bertz CT molecular complexity index is 295. The summed E-state index contributed by atoms with van der Waals surface area (Å²) in [4.78, 5) is 4.49. The van der Waals surface area contributed by atoms with Crippen LogP contribution in [-0.2, 0) is 9.47 Å². The van der Waals surface area contributed by atoms with Gasteiger partial charge in [0, 0.05) is 39.3 Å². The summed E-state index contributed by atoms with van der Waals surface area (Å²) in [6, 6.07) is 0. The number of hydrogen-bond donors (Lipinski definition) is 0. The van der Waals surface area contributed by atoms with Gasteiger partial charge in [0.05, 0.1) is 25.4 Å². The maximum absolute atomic E-state index is 5.96. The van der Waals surface area contributed by atoms with Gasteiger partial charge in [-0.25, -0.2) is 0 Å². The first-order valence-electron chi connectivity index (χ1n) is 7.85. The van der Waals surface area contributed by atoms with Crippen molar-refractivity contribution in [2.45, 2.75) is 12.2 Å². The molecule has 0 N–H and O–H groups in total. The van der Waals surface area contributed by atoms with Gasteiger partial charge in [0.15, 0.2) is 0 Å². The van der Waals surface area contributed by atoms with E-state index in [1.165, 1.54) is 0 Å². The summed E-state index contributed by atoms with van der Waals surface area (Å²) >= 11 is 0. The molecule has 0 aromatic rings. The fourth-order valence-electron chi connectivity index (χ4n) is 2.55. The quantitative estimate of drug-likeness (QED) is 0.516. The van der Waals surface area contributed by atoms with Gasteiger partial charge in [0.25, 0.3) is 0 Å². The Labute approximate surface area is 135 Å². The second-order valence-electron chi connectivity index (χ2n) is 5.50. The number of hydrogen-bond acceptors (Lipinski definition) is 4. The van der Waals surface area contributed by atoms with Crippen molar-refractivity contribution < 1.29 is 9.47 Å². The predicted octanol–water partition coefficient (Wildman–Crippen LogP) is 2.12. The highest BCUT2D eigenvalue weighted by atomic mass is 16.6. The van der Waals surface area contributed by atoms with E-state index >= 15 is 0 Å². The fourth-order valence-corrected chi connectivity index (χ4v) is 2.55. The zero-order valence-electron chi connectivity index (χ0n) is 13.7. The van der Waals surface area contributed by atoms with E-state index in [0.717, 1.165) is 39.3 Å². The second kappa shape index (κ2) is 11.4. The first-order chi connectivity index (χ1) is 10.7. The van der Waals surface area contributed by atoms with E-state index in [4.69, 9.17) is 9.47 Å². The Morgan fingerprint density at radius 2 is 1.00 bits per heavy atom. The molecule has 4 nitrogen and oxygen atoms in total. The van der Waals surface area contributed by atoms with E-state index in [-0.39, 0.29) is 12.2 Å². The SMILES string of the molecule is C=CCN(CC=C)CC1COC(CN(CC=C)CC=C)CO1. The van der Waals surface area contributed by atoms with Gasteiger partial charge < -0.3 is 9.47 Å². The Balaban J connectivity index is 2.35. The minimum absolute atomic E-state index is 0.114. The van der Waals surface area contributed by atoms with E-state index in [1.54, 1.807) is 0 Å². The third-order valence-corrected chi connectivity index (χ3v) is 3.51. The van der Waals surface area contributed by atoms with Crippen LogP contribution >= 0.6 is 0 Å². The molecule has 124 valence electrons. The van der Waals surface area contributed by atoms with Crippen molar-refractivity contribution >= 4 is 0 Å². The van der Waals surface area contributed by atoms with Gasteiger partial charge in [-0.1, -0.05) is 24.3 Å². The van der Waals surface area contributed by atoms with Crippen molar-refractivity contribution in [1.29, 1.82) is 0 Å². The third-order valence-electron chi connectivity index (χ3n) is 3.51. The smallest absolute Gasteiger partial charge is 0.0936 e. The highest BCUT2D eigenvalue weighted by Crippen LogP contribution is 2.11. The molecule has 0 aliphatic carbocycles. The lowest BCUT2D eigenvalue weighted by molar-refractivity contribution is -0.143. The molecule has 1 fully saturated rings. The number of rotatable bonds is 12. The van der Waals surface area contributed by atoms with Crippen LogP contribution in [0.15, 0.2) is 50.6 Å². The Morgan fingerprint density at radius 1 is 0.682 bits per heavy atom. The lowest BCUT2D eigenvalue weighted by Gasteiger charge is -2.34. The van der Waals surface area contributed by atoms with Crippen LogP contribution in [0.5, 0.6) is 0 Å². The Morgan fingerprint density at radius 3 is 1.23 bits per heavy atom. The lowest BCUT2D eigenvalue weighted by atomic mass is 10.2. The van der Waals surface area contributed by atoms with Crippen molar-refractivity contribution in [3.05, 3.63) is 50.6 Å². The molecule has 1 aliphatic rings. The summed E-state index contributed by atoms with van der Waals surface area (Å²) in [5.74, 6) is 0. The van der Waals surface area contributed by atoms with Crippen LogP contribution in [-0.4, -0.2) is 74.5 Å². The molecule has 0 spiro atoms. The van der Waals surface area contributed by atoms with Crippen LogP contribution in [0.1, 0.15) is 0 Å². The minimum atomic E-state index is 0.114. The molecular formula is C18H30N2O2. The maximum Gasteiger partial charge on any atom is 0.0936 e. The molecule has 0 amide bonds. The molecule has 1 rings (SSSR count). The monoisotopic (exact) mass is 306 g/mol. The average molecular weight is 306 g/mol. The van der Waals surface area contributed by atoms with Crippen molar-refractivity contribution in [2.24, 2.45) is 0 Å². The van der Waals surface area contributed by atoms with E-state index in [0.29, 0.717) is 13.2 Å². The average Bonchev–Trinajstić information content (AvgIpc) is 2.50. The number of nitrogens with zero attached hydrogens (tertiary/aromatic N) is 2. The normalized spacial score (nSPS) is 21.7. The van der Waals surface area contributed by atoms with Gasteiger partial charge in [-0.2, -0.15) is 0 Å². The lowest BCUT2D eigenvalue weighted by Crippen LogP contribution is -2.46. The summed E-state index contributed by atoms with van der Waals surface area (Å²) in [5.41, 5.74) is 0. The van der Waals surface area contributed by atoms with E-state index in [1.807, 2.05) is 24.3 Å². The molecule has 0 radical (unpaired) electrons. The fraction of sp³-hybridized carbons (Fsp3) is 0.556. The summed E-state index contributed by atoms with van der Waals surface area (Å²) < 4.78 is 11.9. The maximum atomic E-state index is 5.96. The summed E-state index contributed by atoms with van der Waals surface area (Å²) in [7, 11) is 0. The molecular weight excluding hydrogens is 276 g/mol. The van der Waals surface area contributed by atoms with Crippen LogP contribution in [0, 0.1) is 0 Å². The van der Waals surface area contributed by atoms with Crippen molar-refractivity contribution in [3.8, 4) is 0 Å². The first-order valence-corrected chi connectivity index (χ1v) is 7.85. The van der Waals surface area contributed by atoms with Crippen LogP contribution in [0.3, 0.4) is 0 Å². The second-order valence-corrected chi connectivity index (χ2v) is 5.50. The Kier molecular flexibility index (Phi) is 9.75. The van der Waals surface area contributed by atoms with Crippen molar-refractivity contribution in [2.75, 3.05) is 52.5 Å². The topological polar surface area (TPSA) is 24.9 Å². The highest BCUT2D eigenvalue weighted by Gasteiger charge is 2.24. The summed E-state index contributed by atoms with van der Waals surface area (Å²) in [6.07, 6.45) is 7.83. The van der Waals surface area contributed by atoms with Crippen LogP contribution in [0.4, 0.5) is 0 Å². The standard InChI is InChI=1S/C18H30N2O2/c1-5-9-19(10-6-2)13-17-15-22-18(16-21-17)14-20(11-7-3)12-8-4/h5-8,17-18H,1-4,9-16H2. The third kappa shape index (κ3) is 7.18. The van der Waals surface area contributed by atoms with Gasteiger partial charge in [0.2, 0.25) is 0 Å². The van der Waals surface area contributed by atoms with Gasteiger partial charge in [-0.15, -0.1) is 26.3 Å². The van der Waals surface area contributed by atoms with E-state index in [2.05, 4.69) is 36.1 Å². The van der Waals surface area contributed by atoms with E-state index in [9.17, 15) is 0 Å². The summed E-state index contributed by atoms with van der Waals surface area (Å²) in [5, 5.41) is 0. The van der Waals surface area contributed by atoms with Gasteiger partial charge in [-0.3, -0.25) is 9.80 Å². The van der Waals surface area contributed by atoms with Crippen LogP contribution in [0.2, 0.25) is 0 Å². The molecule has 1 heterocycles. The summed E-state index contributed by atoms with van der Waals surface area (Å²) in [6.45, 7) is 21.4. The van der Waals surface area contributed by atoms with Gasteiger partial charge >= 0.3 is 0 Å². The molecule has 2 unspecified atom stereocenters. The zero-order valence-corrected chi connectivity index (χ0v) is 13.7. The zero-order chi connectivity index (χ0) is 16.2. The van der Waals surface area contributed by atoms with Crippen LogP contribution < -0.4 is 0 Å². The molecule has 0 saturated carbocycles. The van der Waals surface area contributed by atoms with Crippen molar-refractivity contribution in [3.63, 3.8) is 0 Å². The molecule has 1 aliphatic heterocycles. The van der Waals surface area contributed by atoms with Gasteiger partial charge in [0.1, 0.15) is 0 Å². The Hall–Kier alpha value is -1.20. The molecule has 0 bridgehead atoms. The first kappa shape index (κ1) is 18.8. The molecule has 0 aromatic carbocycles. The number of ether oxygens (including phenoxy) is 2. The molecule has 1 saturated heterocycles. The van der Waals surface area contributed by atoms with Crippen LogP contribution in [0.25, 0.3) is 0 Å². The highest BCUT2D eigenvalue weighted by molar-refractivity contribution is 4.84. The molecule has 0 aromatic heterocycles. The van der Waals surface area contributed by atoms with Crippen molar-refractivity contribution in [1.82, 2.24) is 9.80 Å².